The van der Waals surface area contributed by atoms with Crippen LogP contribution in [-0.4, -0.2) is 94.3 Å². The number of rotatable bonds is 13. The predicted molar refractivity (Wildman–Crippen MR) is 235 cm³/mol. The van der Waals surface area contributed by atoms with Gasteiger partial charge in [-0.25, -0.2) is 4.79 Å². The van der Waals surface area contributed by atoms with Gasteiger partial charge in [0, 0.05) is 36.7 Å². The fourth-order valence-corrected chi connectivity index (χ4v) is 15.5. The van der Waals surface area contributed by atoms with Crippen molar-refractivity contribution in [2.75, 3.05) is 6.61 Å². The minimum atomic E-state index is -0.797. The largest absolute Gasteiger partial charge is 0.462 e. The number of fused-ring (bicyclic) bond motifs is 5. The van der Waals surface area contributed by atoms with E-state index in [4.69, 9.17) is 28.4 Å². The van der Waals surface area contributed by atoms with Crippen LogP contribution in [0.15, 0.2) is 58.7 Å². The number of hydrogen-bond acceptors (Lipinski definition) is 11. The van der Waals surface area contributed by atoms with Crippen LogP contribution in [0.3, 0.4) is 0 Å². The van der Waals surface area contributed by atoms with E-state index in [1.54, 1.807) is 0 Å². The number of aliphatic hydroxyl groups excluding tert-OH is 2. The van der Waals surface area contributed by atoms with Gasteiger partial charge < -0.3 is 38.6 Å². The first-order valence-electron chi connectivity index (χ1n) is 25.0. The third-order valence-electron chi connectivity index (χ3n) is 19.3. The molecule has 0 aromatic carbocycles. The van der Waals surface area contributed by atoms with Crippen molar-refractivity contribution in [3.05, 3.63) is 58.7 Å². The molecule has 0 amide bonds. The maximum atomic E-state index is 13.8. The average Bonchev–Trinajstić information content (AvgIpc) is 4.09. The lowest BCUT2D eigenvalue weighted by atomic mass is 9.46. The molecule has 11 nitrogen and oxygen atoms in total. The molecule has 4 aliphatic heterocycles. The first-order valence-corrected chi connectivity index (χ1v) is 25.0. The summed E-state index contributed by atoms with van der Waals surface area (Å²) in [6.07, 6.45) is 18.4. The minimum Gasteiger partial charge on any atom is -0.462 e. The molecule has 0 bridgehead atoms. The second-order valence-corrected chi connectivity index (χ2v) is 22.8. The van der Waals surface area contributed by atoms with Gasteiger partial charge in [0.05, 0.1) is 18.3 Å². The summed E-state index contributed by atoms with van der Waals surface area (Å²) in [4.78, 5) is 39.5. The highest BCUT2D eigenvalue weighted by Gasteiger charge is 3.01. The van der Waals surface area contributed by atoms with E-state index in [9.17, 15) is 24.6 Å². The number of carbonyl (C=O) groups excluding carboxylic acids is 3. The molecule has 9 fully saturated rings. The Morgan fingerprint density at radius 3 is 2.42 bits per heavy atom. The molecule has 7 aliphatic carbocycles. The van der Waals surface area contributed by atoms with Gasteiger partial charge in [-0.05, 0) is 135 Å². The van der Waals surface area contributed by atoms with Gasteiger partial charge >= 0.3 is 17.9 Å². The second-order valence-electron chi connectivity index (χ2n) is 22.8. The SMILES string of the molecule is C=C1/C(=C\C=C2/CCC[C@@]3(C)C2CCC3[C@@H](C)/C=C/C(O)C2CC2)C[C@@H](OC(=O)CCCCC(=O)O[C@@H]2[C@@]3(C(C)C)O[C@H]3[C@@H]3O[C@]34[C@]23O[C@H]3C[C@H]2C3=C(CC[C@@]24C)C(=O)OC3)C[C@@H]1O. The van der Waals surface area contributed by atoms with Crippen LogP contribution < -0.4 is 0 Å². The topological polar surface area (TPSA) is 157 Å². The van der Waals surface area contributed by atoms with Gasteiger partial charge in [0.25, 0.3) is 0 Å². The molecular formula is C53H70O11. The highest BCUT2D eigenvalue weighted by molar-refractivity contribution is 5.92. The zero-order chi connectivity index (χ0) is 44.7. The van der Waals surface area contributed by atoms with Crippen molar-refractivity contribution in [1.29, 1.82) is 0 Å². The number of ether oxygens (including phenoxy) is 6. The first-order chi connectivity index (χ1) is 30.6. The van der Waals surface area contributed by atoms with Crippen LogP contribution in [0, 0.1) is 46.3 Å². The van der Waals surface area contributed by atoms with Crippen LogP contribution in [-0.2, 0) is 42.8 Å². The van der Waals surface area contributed by atoms with Crippen LogP contribution in [0.25, 0.3) is 0 Å². The van der Waals surface area contributed by atoms with E-state index in [0.717, 1.165) is 55.2 Å². The average molecular weight is 883 g/mol. The van der Waals surface area contributed by atoms with Gasteiger partial charge in [-0.15, -0.1) is 0 Å². The molecule has 2 N–H and O–H groups in total. The maximum absolute atomic E-state index is 13.8. The van der Waals surface area contributed by atoms with Gasteiger partial charge in [-0.3, -0.25) is 9.59 Å². The Balaban J connectivity index is 0.690. The molecule has 0 radical (unpaired) electrons. The van der Waals surface area contributed by atoms with E-state index in [-0.39, 0.29) is 77.8 Å². The monoisotopic (exact) mass is 882 g/mol. The lowest BCUT2D eigenvalue weighted by Gasteiger charge is -2.53. The van der Waals surface area contributed by atoms with Crippen molar-refractivity contribution < 1.29 is 53.0 Å². The van der Waals surface area contributed by atoms with Gasteiger partial charge in [-0.2, -0.15) is 0 Å². The predicted octanol–water partition coefficient (Wildman–Crippen LogP) is 7.87. The van der Waals surface area contributed by atoms with Gasteiger partial charge in [0.15, 0.2) is 11.7 Å². The number of aliphatic hydroxyl groups is 2. The quantitative estimate of drug-likeness (QED) is 0.0610. The third kappa shape index (κ3) is 6.31. The minimum absolute atomic E-state index is 0.0684. The van der Waals surface area contributed by atoms with E-state index in [2.05, 4.69) is 65.5 Å². The van der Waals surface area contributed by atoms with Crippen molar-refractivity contribution in [2.24, 2.45) is 46.3 Å². The van der Waals surface area contributed by atoms with Crippen LogP contribution in [0.4, 0.5) is 0 Å². The third-order valence-corrected chi connectivity index (χ3v) is 19.3. The van der Waals surface area contributed by atoms with E-state index < -0.39 is 35.1 Å². The number of allylic oxidation sites excluding steroid dienone is 4. The van der Waals surface area contributed by atoms with Crippen molar-refractivity contribution in [2.45, 2.75) is 197 Å². The number of cyclic esters (lactones) is 1. The summed E-state index contributed by atoms with van der Waals surface area (Å²) in [5.74, 6) is 1.27. The smallest absolute Gasteiger partial charge is 0.334 e. The zero-order valence-corrected chi connectivity index (χ0v) is 38.6. The summed E-state index contributed by atoms with van der Waals surface area (Å²) < 4.78 is 38.1. The Morgan fingerprint density at radius 2 is 1.67 bits per heavy atom. The first kappa shape index (κ1) is 43.5. The molecule has 2 spiro atoms. The molecule has 11 aliphatic rings. The molecule has 4 heterocycles. The van der Waals surface area contributed by atoms with E-state index in [1.165, 1.54) is 24.8 Å². The molecule has 16 atom stereocenters. The molecule has 3 saturated heterocycles. The standard InChI is InChI=1S/C53H70O11/c1-28(2)51-45(63-51)46-53(64-46)50(6)23-21-35-36(27-59-47(35)58)39(50)26-42-52(53,62-42)48(51)61-44(57)12-8-7-11-43(56)60-34-24-33(30(4)41(55)25-34)17-14-31-10-9-22-49(5)37(18-19-38(31)49)29(3)13-20-40(54)32-15-16-32/h13-14,17,20,28-29,32,34,37-42,45-46,48,54-55H,4,7-12,15-16,18-19,21-27H2,1-3,5-6H3/b20-13+,31-14+,33-17-/t29-,34+,37?,38?,39-,40?,41-,42-,45-,46-,48+,49+,50-,51-,52+,53+/m0/s1. The maximum Gasteiger partial charge on any atom is 0.334 e. The van der Waals surface area contributed by atoms with Gasteiger partial charge in [0.1, 0.15) is 36.1 Å². The molecule has 11 heteroatoms. The molecule has 3 unspecified atom stereocenters. The number of unbranched alkanes of at least 4 members (excludes halogenated alkanes) is 1. The molecule has 348 valence electrons. The fourth-order valence-electron chi connectivity index (χ4n) is 15.5. The second kappa shape index (κ2) is 15.2. The molecule has 0 aromatic heterocycles. The summed E-state index contributed by atoms with van der Waals surface area (Å²) >= 11 is 0. The van der Waals surface area contributed by atoms with E-state index in [1.807, 2.05) is 0 Å². The zero-order valence-electron chi connectivity index (χ0n) is 38.6. The van der Waals surface area contributed by atoms with E-state index in [0.29, 0.717) is 68.0 Å². The summed E-state index contributed by atoms with van der Waals surface area (Å²) in [6.45, 7) is 15.9. The highest BCUT2D eigenvalue weighted by Crippen LogP contribution is 2.83. The Bertz CT molecular complexity index is 2130. The number of esters is 3. The summed E-state index contributed by atoms with van der Waals surface area (Å²) in [5.41, 5.74) is 2.78. The van der Waals surface area contributed by atoms with Crippen LogP contribution in [0.2, 0.25) is 0 Å². The van der Waals surface area contributed by atoms with E-state index >= 15 is 0 Å². The molecular weight excluding hydrogens is 813 g/mol. The van der Waals surface area contributed by atoms with Crippen molar-refractivity contribution in [3.8, 4) is 0 Å². The number of carbonyl (C=O) groups is 3. The Labute approximate surface area is 378 Å². The number of epoxide rings is 3. The Morgan fingerprint density at radius 1 is 0.906 bits per heavy atom. The molecule has 64 heavy (non-hydrogen) atoms. The summed E-state index contributed by atoms with van der Waals surface area (Å²) in [5, 5.41) is 21.5. The summed E-state index contributed by atoms with van der Waals surface area (Å²) in [6, 6.07) is 0. The van der Waals surface area contributed by atoms with Crippen molar-refractivity contribution in [3.63, 3.8) is 0 Å². The normalized spacial score (nSPS) is 46.9. The van der Waals surface area contributed by atoms with Gasteiger partial charge in [-0.1, -0.05) is 71.1 Å². The molecule has 0 aromatic rings. The Hall–Kier alpha value is -3.09. The number of hydrogen-bond donors (Lipinski definition) is 2. The van der Waals surface area contributed by atoms with Crippen molar-refractivity contribution >= 4 is 17.9 Å². The summed E-state index contributed by atoms with van der Waals surface area (Å²) in [7, 11) is 0. The van der Waals surface area contributed by atoms with Gasteiger partial charge in [0.2, 0.25) is 0 Å². The van der Waals surface area contributed by atoms with Crippen LogP contribution in [0.1, 0.15) is 137 Å². The van der Waals surface area contributed by atoms with Crippen LogP contribution in [0.5, 0.6) is 0 Å². The lowest BCUT2D eigenvalue weighted by molar-refractivity contribution is -0.169. The lowest BCUT2D eigenvalue weighted by Crippen LogP contribution is -2.70. The fraction of sp³-hybridized carbons (Fsp3) is 0.755. The molecule has 11 rings (SSSR count). The van der Waals surface area contributed by atoms with Crippen molar-refractivity contribution in [1.82, 2.24) is 0 Å². The molecule has 6 saturated carbocycles. The highest BCUT2D eigenvalue weighted by atomic mass is 16.8. The van der Waals surface area contributed by atoms with Crippen LogP contribution >= 0.6 is 0 Å². The Kier molecular flexibility index (Phi) is 10.3.